The Morgan fingerprint density at radius 2 is 1.96 bits per heavy atom. The van der Waals surface area contributed by atoms with E-state index in [4.69, 9.17) is 4.74 Å². The third-order valence-electron chi connectivity index (χ3n) is 3.94. The van der Waals surface area contributed by atoms with Crippen molar-refractivity contribution in [3.05, 3.63) is 29.6 Å². The van der Waals surface area contributed by atoms with Crippen LogP contribution in [-0.4, -0.2) is 45.2 Å². The second-order valence-electron chi connectivity index (χ2n) is 7.34. The normalized spacial score (nSPS) is 20.9. The number of aliphatic carboxylic acids is 1. The van der Waals surface area contributed by atoms with Gasteiger partial charge in [-0.15, -0.1) is 0 Å². The fraction of sp³-hybridized carbons (Fsp3) is 0.588. The first-order chi connectivity index (χ1) is 11.9. The van der Waals surface area contributed by atoms with Gasteiger partial charge in [0.05, 0.1) is 0 Å². The highest BCUT2D eigenvalue weighted by atomic mass is 19.4. The molecule has 0 aromatic carbocycles. The average Bonchev–Trinajstić information content (AvgIpc) is 2.89. The molecule has 2 heterocycles. The predicted molar refractivity (Wildman–Crippen MR) is 85.4 cm³/mol. The van der Waals surface area contributed by atoms with Crippen molar-refractivity contribution >= 4 is 12.1 Å². The number of pyridine rings is 1. The van der Waals surface area contributed by atoms with Crippen LogP contribution >= 0.6 is 0 Å². The number of carboxylic acid groups (broad SMARTS) is 1. The van der Waals surface area contributed by atoms with E-state index in [1.54, 1.807) is 20.8 Å². The summed E-state index contributed by atoms with van der Waals surface area (Å²) in [5.41, 5.74) is -1.18. The molecule has 0 bridgehead atoms. The lowest BCUT2D eigenvalue weighted by molar-refractivity contribution is -0.142. The number of hydrogen-bond donors (Lipinski definition) is 1. The Morgan fingerprint density at radius 1 is 1.31 bits per heavy atom. The molecule has 1 aliphatic rings. The second-order valence-corrected chi connectivity index (χ2v) is 7.34. The number of nitrogens with zero attached hydrogens (tertiary/aromatic N) is 2. The predicted octanol–water partition coefficient (Wildman–Crippen LogP) is 3.35. The van der Waals surface area contributed by atoms with Crippen molar-refractivity contribution in [1.29, 1.82) is 0 Å². The molecule has 9 heteroatoms. The van der Waals surface area contributed by atoms with Gasteiger partial charge in [0.1, 0.15) is 17.3 Å². The van der Waals surface area contributed by atoms with Gasteiger partial charge in [0, 0.05) is 12.7 Å². The smallest absolute Gasteiger partial charge is 0.433 e. The highest BCUT2D eigenvalue weighted by Crippen LogP contribution is 2.30. The number of carbonyl (C=O) groups is 2. The molecule has 0 spiro atoms. The summed E-state index contributed by atoms with van der Waals surface area (Å²) in [5.74, 6) is -1.34. The fourth-order valence-corrected chi connectivity index (χ4v) is 2.87. The number of alkyl halides is 3. The lowest BCUT2D eigenvalue weighted by Crippen LogP contribution is -2.43. The Kier molecular flexibility index (Phi) is 5.48. The van der Waals surface area contributed by atoms with Crippen LogP contribution in [0.3, 0.4) is 0 Å². The Bertz CT molecular complexity index is 668. The zero-order valence-corrected chi connectivity index (χ0v) is 14.7. The molecule has 1 amide bonds. The third-order valence-corrected chi connectivity index (χ3v) is 3.94. The van der Waals surface area contributed by atoms with E-state index in [-0.39, 0.29) is 18.9 Å². The molecule has 0 unspecified atom stereocenters. The third kappa shape index (κ3) is 5.09. The van der Waals surface area contributed by atoms with Crippen molar-refractivity contribution in [1.82, 2.24) is 9.88 Å². The van der Waals surface area contributed by atoms with E-state index in [9.17, 15) is 27.9 Å². The van der Waals surface area contributed by atoms with Crippen LogP contribution in [0.1, 0.15) is 38.4 Å². The van der Waals surface area contributed by atoms with Crippen molar-refractivity contribution in [2.24, 2.45) is 5.92 Å². The molecule has 26 heavy (non-hydrogen) atoms. The van der Waals surface area contributed by atoms with Crippen molar-refractivity contribution in [3.63, 3.8) is 0 Å². The van der Waals surface area contributed by atoms with Crippen molar-refractivity contribution in [2.75, 3.05) is 6.54 Å². The first kappa shape index (κ1) is 20.0. The van der Waals surface area contributed by atoms with Crippen LogP contribution in [0.25, 0.3) is 0 Å². The van der Waals surface area contributed by atoms with E-state index in [2.05, 4.69) is 4.98 Å². The standard InChI is InChI=1S/C17H21F3N2O4/c1-16(2,3)26-15(25)22-9-11(7-12(22)14(23)24)6-10-4-5-13(21-8-10)17(18,19)20/h4-5,8,11-12H,6-7,9H2,1-3H3,(H,23,24)/t11-,12+/m1/s1. The molecule has 0 radical (unpaired) electrons. The number of carboxylic acids is 1. The van der Waals surface area contributed by atoms with E-state index < -0.39 is 35.6 Å². The van der Waals surface area contributed by atoms with Crippen LogP contribution in [0.4, 0.5) is 18.0 Å². The molecule has 144 valence electrons. The van der Waals surface area contributed by atoms with Gasteiger partial charge in [-0.3, -0.25) is 9.88 Å². The summed E-state index contributed by atoms with van der Waals surface area (Å²) in [5, 5.41) is 9.35. The molecule has 0 aliphatic carbocycles. The molecule has 2 atom stereocenters. The minimum atomic E-state index is -4.51. The molecule has 1 aromatic rings. The summed E-state index contributed by atoms with van der Waals surface area (Å²) in [4.78, 5) is 28.2. The number of likely N-dealkylation sites (tertiary alicyclic amines) is 1. The van der Waals surface area contributed by atoms with Crippen LogP contribution in [0.5, 0.6) is 0 Å². The number of amides is 1. The first-order valence-corrected chi connectivity index (χ1v) is 8.11. The van der Waals surface area contributed by atoms with Crippen molar-refractivity contribution in [3.8, 4) is 0 Å². The van der Waals surface area contributed by atoms with Gasteiger partial charge in [0.2, 0.25) is 0 Å². The Balaban J connectivity index is 2.07. The fourth-order valence-electron chi connectivity index (χ4n) is 2.87. The van der Waals surface area contributed by atoms with E-state index in [1.807, 2.05) is 0 Å². The second kappa shape index (κ2) is 7.13. The van der Waals surface area contributed by atoms with Gasteiger partial charge >= 0.3 is 18.2 Å². The molecular formula is C17H21F3N2O4. The van der Waals surface area contributed by atoms with Crippen LogP contribution < -0.4 is 0 Å². The van der Waals surface area contributed by atoms with E-state index in [1.165, 1.54) is 6.07 Å². The molecule has 1 N–H and O–H groups in total. The van der Waals surface area contributed by atoms with Gasteiger partial charge in [-0.2, -0.15) is 13.2 Å². The Morgan fingerprint density at radius 3 is 2.42 bits per heavy atom. The zero-order valence-electron chi connectivity index (χ0n) is 14.7. The van der Waals surface area contributed by atoms with Crippen LogP contribution in [0, 0.1) is 5.92 Å². The topological polar surface area (TPSA) is 79.7 Å². The molecular weight excluding hydrogens is 353 g/mol. The number of rotatable bonds is 3. The monoisotopic (exact) mass is 374 g/mol. The van der Waals surface area contributed by atoms with E-state index in [0.29, 0.717) is 12.0 Å². The summed E-state index contributed by atoms with van der Waals surface area (Å²) in [6.45, 7) is 5.21. The van der Waals surface area contributed by atoms with Crippen molar-refractivity contribution in [2.45, 2.75) is 51.4 Å². The van der Waals surface area contributed by atoms with Gasteiger partial charge in [0.25, 0.3) is 0 Å². The highest BCUT2D eigenvalue weighted by molar-refractivity contribution is 5.81. The molecule has 1 fully saturated rings. The van der Waals surface area contributed by atoms with Crippen LogP contribution in [-0.2, 0) is 22.1 Å². The van der Waals surface area contributed by atoms with Crippen molar-refractivity contribution < 1.29 is 32.6 Å². The number of hydrogen-bond acceptors (Lipinski definition) is 4. The lowest BCUT2D eigenvalue weighted by Gasteiger charge is -2.26. The minimum absolute atomic E-state index is 0.160. The van der Waals surface area contributed by atoms with Gasteiger partial charge in [-0.05, 0) is 51.2 Å². The molecule has 6 nitrogen and oxygen atoms in total. The highest BCUT2D eigenvalue weighted by Gasteiger charge is 2.41. The molecule has 1 aromatic heterocycles. The summed E-state index contributed by atoms with van der Waals surface area (Å²) in [6.07, 6.45) is -3.55. The van der Waals surface area contributed by atoms with Gasteiger partial charge in [-0.25, -0.2) is 9.59 Å². The largest absolute Gasteiger partial charge is 0.480 e. The number of ether oxygens (including phenoxy) is 1. The summed E-state index contributed by atoms with van der Waals surface area (Å²) in [6, 6.07) is 1.20. The van der Waals surface area contributed by atoms with E-state index >= 15 is 0 Å². The lowest BCUT2D eigenvalue weighted by atomic mass is 9.97. The number of carbonyl (C=O) groups excluding carboxylic acids is 1. The maximum absolute atomic E-state index is 12.6. The molecule has 1 saturated heterocycles. The maximum Gasteiger partial charge on any atom is 0.433 e. The van der Waals surface area contributed by atoms with Gasteiger partial charge in [-0.1, -0.05) is 6.07 Å². The number of aromatic nitrogens is 1. The zero-order chi connectivity index (χ0) is 19.7. The van der Waals surface area contributed by atoms with E-state index in [0.717, 1.165) is 17.2 Å². The Hall–Kier alpha value is -2.32. The first-order valence-electron chi connectivity index (χ1n) is 8.11. The Labute approximate surface area is 149 Å². The van der Waals surface area contributed by atoms with Crippen LogP contribution in [0.2, 0.25) is 0 Å². The number of halogens is 3. The summed E-state index contributed by atoms with van der Waals surface area (Å²) in [7, 11) is 0. The van der Waals surface area contributed by atoms with Gasteiger partial charge in [0.15, 0.2) is 0 Å². The van der Waals surface area contributed by atoms with Gasteiger partial charge < -0.3 is 9.84 Å². The summed E-state index contributed by atoms with van der Waals surface area (Å²) < 4.78 is 42.9. The minimum Gasteiger partial charge on any atom is -0.480 e. The SMILES string of the molecule is CC(C)(C)OC(=O)N1C[C@H](Cc2ccc(C(F)(F)F)nc2)C[C@H]1C(=O)O. The molecule has 0 saturated carbocycles. The molecule has 2 rings (SSSR count). The molecule has 1 aliphatic heterocycles. The summed E-state index contributed by atoms with van der Waals surface area (Å²) >= 11 is 0. The quantitative estimate of drug-likeness (QED) is 0.878. The van der Waals surface area contributed by atoms with Crippen LogP contribution in [0.15, 0.2) is 18.3 Å². The maximum atomic E-state index is 12.6. The average molecular weight is 374 g/mol.